The van der Waals surface area contributed by atoms with E-state index in [1.54, 1.807) is 0 Å². The fourth-order valence-corrected chi connectivity index (χ4v) is 2.69. The van der Waals surface area contributed by atoms with Gasteiger partial charge in [0.15, 0.2) is 0 Å². The molecule has 18 heavy (non-hydrogen) atoms. The van der Waals surface area contributed by atoms with Gasteiger partial charge < -0.3 is 11.1 Å². The molecule has 1 fully saturated rings. The van der Waals surface area contributed by atoms with Crippen LogP contribution >= 0.6 is 0 Å². The topological polar surface area (TPSA) is 63.8 Å². The van der Waals surface area contributed by atoms with Gasteiger partial charge in [-0.3, -0.25) is 0 Å². The van der Waals surface area contributed by atoms with Crippen LogP contribution in [0.15, 0.2) is 6.07 Å². The largest absolute Gasteiger partial charge is 0.384 e. The lowest BCUT2D eigenvalue weighted by atomic mass is 9.98. The fourth-order valence-electron chi connectivity index (χ4n) is 2.69. The van der Waals surface area contributed by atoms with E-state index in [0.29, 0.717) is 17.8 Å². The molecule has 1 aliphatic rings. The maximum absolute atomic E-state index is 5.83. The van der Waals surface area contributed by atoms with Crippen LogP contribution < -0.4 is 11.1 Å². The molecule has 0 saturated heterocycles. The van der Waals surface area contributed by atoms with Gasteiger partial charge >= 0.3 is 0 Å². The van der Waals surface area contributed by atoms with Gasteiger partial charge in [-0.15, -0.1) is 0 Å². The van der Waals surface area contributed by atoms with Gasteiger partial charge in [-0.05, 0) is 31.1 Å². The summed E-state index contributed by atoms with van der Waals surface area (Å²) in [6, 6.07) is 2.36. The lowest BCUT2D eigenvalue weighted by Crippen LogP contribution is -2.25. The minimum atomic E-state index is 0.517. The SMILES string of the molecule is CCCc1nc(N)cc(NC2CCC(C)C2C)n1. The molecule has 2 rings (SSSR count). The predicted molar refractivity (Wildman–Crippen MR) is 75.4 cm³/mol. The Morgan fingerprint density at radius 3 is 2.72 bits per heavy atom. The predicted octanol–water partition coefficient (Wildman–Crippen LogP) is 2.86. The monoisotopic (exact) mass is 248 g/mol. The van der Waals surface area contributed by atoms with Crippen LogP contribution in [0.5, 0.6) is 0 Å². The number of nitrogen functional groups attached to an aromatic ring is 1. The first-order valence-electron chi connectivity index (χ1n) is 7.00. The molecule has 1 heterocycles. The molecular formula is C14H24N4. The summed E-state index contributed by atoms with van der Waals surface area (Å²) in [6.45, 7) is 6.76. The Morgan fingerprint density at radius 2 is 2.11 bits per heavy atom. The smallest absolute Gasteiger partial charge is 0.133 e. The minimum Gasteiger partial charge on any atom is -0.384 e. The summed E-state index contributed by atoms with van der Waals surface area (Å²) < 4.78 is 0. The number of nitrogens with one attached hydrogen (secondary N) is 1. The Balaban J connectivity index is 2.09. The average Bonchev–Trinajstić information content (AvgIpc) is 2.61. The van der Waals surface area contributed by atoms with Crippen LogP contribution in [-0.4, -0.2) is 16.0 Å². The first-order valence-corrected chi connectivity index (χ1v) is 7.00. The lowest BCUT2D eigenvalue weighted by molar-refractivity contribution is 0.435. The zero-order valence-electron chi connectivity index (χ0n) is 11.6. The van der Waals surface area contributed by atoms with Crippen molar-refractivity contribution >= 4 is 11.6 Å². The molecule has 1 saturated carbocycles. The quantitative estimate of drug-likeness (QED) is 0.860. The fraction of sp³-hybridized carbons (Fsp3) is 0.714. The molecule has 0 spiro atoms. The van der Waals surface area contributed by atoms with Gasteiger partial charge in [-0.2, -0.15) is 0 Å². The standard InChI is InChI=1S/C14H24N4/c1-4-5-13-17-12(15)8-14(18-13)16-11-7-6-9(2)10(11)3/h8-11H,4-7H2,1-3H3,(H3,15,16,17,18). The summed E-state index contributed by atoms with van der Waals surface area (Å²) in [5, 5.41) is 3.53. The van der Waals surface area contributed by atoms with Crippen molar-refractivity contribution < 1.29 is 0 Å². The lowest BCUT2D eigenvalue weighted by Gasteiger charge is -2.20. The number of aromatic nitrogens is 2. The highest BCUT2D eigenvalue weighted by Gasteiger charge is 2.29. The Morgan fingerprint density at radius 1 is 1.33 bits per heavy atom. The summed E-state index contributed by atoms with van der Waals surface area (Å²) in [5.74, 6) is 3.78. The molecule has 0 aliphatic heterocycles. The van der Waals surface area contributed by atoms with E-state index in [9.17, 15) is 0 Å². The van der Waals surface area contributed by atoms with E-state index in [0.717, 1.165) is 30.4 Å². The van der Waals surface area contributed by atoms with E-state index < -0.39 is 0 Å². The van der Waals surface area contributed by atoms with Crippen LogP contribution in [-0.2, 0) is 6.42 Å². The third kappa shape index (κ3) is 2.92. The zero-order chi connectivity index (χ0) is 13.1. The molecule has 1 aromatic rings. The van der Waals surface area contributed by atoms with Crippen molar-refractivity contribution in [2.24, 2.45) is 11.8 Å². The van der Waals surface area contributed by atoms with E-state index >= 15 is 0 Å². The number of hydrogen-bond acceptors (Lipinski definition) is 4. The van der Waals surface area contributed by atoms with Crippen molar-refractivity contribution in [3.05, 3.63) is 11.9 Å². The first-order chi connectivity index (χ1) is 8.60. The third-order valence-electron chi connectivity index (χ3n) is 4.06. The van der Waals surface area contributed by atoms with Crippen molar-refractivity contribution in [3.63, 3.8) is 0 Å². The maximum Gasteiger partial charge on any atom is 0.133 e. The van der Waals surface area contributed by atoms with E-state index in [2.05, 4.69) is 36.1 Å². The van der Waals surface area contributed by atoms with Crippen LogP contribution in [0.4, 0.5) is 11.6 Å². The second kappa shape index (κ2) is 5.55. The average molecular weight is 248 g/mol. The molecule has 0 bridgehead atoms. The number of nitrogens with zero attached hydrogens (tertiary/aromatic N) is 2. The molecule has 100 valence electrons. The van der Waals surface area contributed by atoms with E-state index in [-0.39, 0.29) is 0 Å². The van der Waals surface area contributed by atoms with Crippen molar-refractivity contribution in [2.75, 3.05) is 11.1 Å². The molecule has 3 atom stereocenters. The van der Waals surface area contributed by atoms with Gasteiger partial charge in [0.2, 0.25) is 0 Å². The van der Waals surface area contributed by atoms with Gasteiger partial charge in [-0.25, -0.2) is 9.97 Å². The number of rotatable bonds is 4. The van der Waals surface area contributed by atoms with Crippen LogP contribution in [0.3, 0.4) is 0 Å². The minimum absolute atomic E-state index is 0.517. The Kier molecular flexibility index (Phi) is 4.04. The van der Waals surface area contributed by atoms with Crippen LogP contribution in [0.25, 0.3) is 0 Å². The van der Waals surface area contributed by atoms with Crippen LogP contribution in [0, 0.1) is 11.8 Å². The van der Waals surface area contributed by atoms with Crippen molar-refractivity contribution in [1.82, 2.24) is 9.97 Å². The molecule has 1 aromatic heterocycles. The van der Waals surface area contributed by atoms with Crippen molar-refractivity contribution in [3.8, 4) is 0 Å². The second-order valence-corrected chi connectivity index (χ2v) is 5.51. The Hall–Kier alpha value is -1.32. The zero-order valence-corrected chi connectivity index (χ0v) is 11.6. The Labute approximate surface area is 109 Å². The van der Waals surface area contributed by atoms with Crippen LogP contribution in [0.2, 0.25) is 0 Å². The number of anilines is 2. The summed E-state index contributed by atoms with van der Waals surface area (Å²) in [4.78, 5) is 8.80. The summed E-state index contributed by atoms with van der Waals surface area (Å²) in [6.07, 6.45) is 4.44. The summed E-state index contributed by atoms with van der Waals surface area (Å²) in [7, 11) is 0. The molecule has 3 N–H and O–H groups in total. The van der Waals surface area contributed by atoms with Crippen molar-refractivity contribution in [2.45, 2.75) is 52.5 Å². The summed E-state index contributed by atoms with van der Waals surface area (Å²) >= 11 is 0. The molecule has 0 aromatic carbocycles. The second-order valence-electron chi connectivity index (χ2n) is 5.51. The number of nitrogens with two attached hydrogens (primary N) is 1. The maximum atomic E-state index is 5.83. The number of hydrogen-bond donors (Lipinski definition) is 2. The van der Waals surface area contributed by atoms with Gasteiger partial charge in [0.1, 0.15) is 17.5 Å². The van der Waals surface area contributed by atoms with Gasteiger partial charge in [0.05, 0.1) is 0 Å². The summed E-state index contributed by atoms with van der Waals surface area (Å²) in [5.41, 5.74) is 5.83. The molecule has 0 amide bonds. The molecule has 3 unspecified atom stereocenters. The Bertz CT molecular complexity index is 405. The van der Waals surface area contributed by atoms with Crippen molar-refractivity contribution in [1.29, 1.82) is 0 Å². The van der Waals surface area contributed by atoms with E-state index in [4.69, 9.17) is 5.73 Å². The molecular weight excluding hydrogens is 224 g/mol. The molecule has 0 radical (unpaired) electrons. The van der Waals surface area contributed by atoms with Gasteiger partial charge in [-0.1, -0.05) is 20.8 Å². The highest BCUT2D eigenvalue weighted by Crippen LogP contribution is 2.33. The normalized spacial score (nSPS) is 27.4. The highest BCUT2D eigenvalue weighted by molar-refractivity contribution is 5.45. The van der Waals surface area contributed by atoms with Gasteiger partial charge in [0.25, 0.3) is 0 Å². The number of aryl methyl sites for hydroxylation is 1. The first kappa shape index (κ1) is 13.1. The van der Waals surface area contributed by atoms with Gasteiger partial charge in [0, 0.05) is 18.5 Å². The highest BCUT2D eigenvalue weighted by atomic mass is 15.1. The van der Waals surface area contributed by atoms with Crippen LogP contribution in [0.1, 0.15) is 45.9 Å². The van der Waals surface area contributed by atoms with E-state index in [1.807, 2.05) is 6.07 Å². The van der Waals surface area contributed by atoms with E-state index in [1.165, 1.54) is 12.8 Å². The third-order valence-corrected chi connectivity index (χ3v) is 4.06. The molecule has 1 aliphatic carbocycles. The molecule has 4 nitrogen and oxygen atoms in total. The molecule has 4 heteroatoms.